The lowest BCUT2D eigenvalue weighted by Gasteiger charge is -2.12. The summed E-state index contributed by atoms with van der Waals surface area (Å²) in [4.78, 5) is 7.46. The lowest BCUT2D eigenvalue weighted by atomic mass is 10.4. The summed E-state index contributed by atoms with van der Waals surface area (Å²) in [5.41, 5.74) is 5.45. The van der Waals surface area contributed by atoms with Gasteiger partial charge in [-0.2, -0.15) is 9.36 Å². The molecule has 74 valence electrons. The highest BCUT2D eigenvalue weighted by molar-refractivity contribution is 7.10. The molecule has 0 fully saturated rings. The molecule has 2 aromatic rings. The van der Waals surface area contributed by atoms with Crippen molar-refractivity contribution in [3.8, 4) is 0 Å². The van der Waals surface area contributed by atoms with Crippen LogP contribution in [-0.4, -0.2) is 16.4 Å². The Hall–Kier alpha value is -1.14. The van der Waals surface area contributed by atoms with Gasteiger partial charge < -0.3 is 10.6 Å². The van der Waals surface area contributed by atoms with Crippen LogP contribution in [-0.2, 0) is 6.54 Å². The van der Waals surface area contributed by atoms with Crippen molar-refractivity contribution in [3.63, 3.8) is 0 Å². The predicted molar refractivity (Wildman–Crippen MR) is 60.7 cm³/mol. The Morgan fingerprint density at radius 2 is 2.43 bits per heavy atom. The lowest BCUT2D eigenvalue weighted by Crippen LogP contribution is -2.15. The summed E-state index contributed by atoms with van der Waals surface area (Å²) >= 11 is 3.06. The van der Waals surface area contributed by atoms with Crippen molar-refractivity contribution >= 4 is 33.9 Å². The molecule has 0 amide bonds. The minimum absolute atomic E-state index is 0.350. The summed E-state index contributed by atoms with van der Waals surface area (Å²) in [7, 11) is 1.99. The fourth-order valence-electron chi connectivity index (χ4n) is 1.09. The zero-order valence-corrected chi connectivity index (χ0v) is 9.31. The molecule has 14 heavy (non-hydrogen) atoms. The first-order chi connectivity index (χ1) is 6.75. The molecular formula is C8H10N4S2. The van der Waals surface area contributed by atoms with Crippen LogP contribution in [0.2, 0.25) is 0 Å². The van der Waals surface area contributed by atoms with Crippen molar-refractivity contribution in [2.45, 2.75) is 6.54 Å². The van der Waals surface area contributed by atoms with Crippen molar-refractivity contribution in [2.24, 2.45) is 0 Å². The molecule has 0 spiro atoms. The molecule has 0 bridgehead atoms. The molecule has 2 rings (SSSR count). The van der Waals surface area contributed by atoms with Gasteiger partial charge in [-0.15, -0.1) is 11.3 Å². The van der Waals surface area contributed by atoms with Crippen LogP contribution < -0.4 is 10.6 Å². The Labute approximate surface area is 90.2 Å². The molecule has 0 aliphatic rings. The molecule has 0 radical (unpaired) electrons. The molecule has 2 heterocycles. The number of aromatic nitrogens is 2. The highest BCUT2D eigenvalue weighted by Gasteiger charge is 2.07. The molecular weight excluding hydrogens is 216 g/mol. The van der Waals surface area contributed by atoms with E-state index in [1.54, 1.807) is 11.3 Å². The number of nitrogen functional groups attached to an aromatic ring is 1. The minimum atomic E-state index is 0.350. The third kappa shape index (κ3) is 2.02. The van der Waals surface area contributed by atoms with Gasteiger partial charge in [0.05, 0.1) is 6.54 Å². The maximum atomic E-state index is 5.45. The average molecular weight is 226 g/mol. The van der Waals surface area contributed by atoms with Gasteiger partial charge in [0, 0.05) is 23.5 Å². The second kappa shape index (κ2) is 3.93. The van der Waals surface area contributed by atoms with E-state index < -0.39 is 0 Å². The van der Waals surface area contributed by atoms with Crippen LogP contribution >= 0.6 is 22.9 Å². The third-order valence-electron chi connectivity index (χ3n) is 1.73. The first-order valence-corrected chi connectivity index (χ1v) is 5.74. The van der Waals surface area contributed by atoms with Gasteiger partial charge in [0.2, 0.25) is 11.1 Å². The van der Waals surface area contributed by atoms with E-state index in [2.05, 4.69) is 20.8 Å². The van der Waals surface area contributed by atoms with Crippen LogP contribution in [0.4, 0.5) is 11.1 Å². The molecule has 2 N–H and O–H groups in total. The quantitative estimate of drug-likeness (QED) is 0.867. The molecule has 0 unspecified atom stereocenters. The van der Waals surface area contributed by atoms with E-state index in [0.29, 0.717) is 5.95 Å². The molecule has 0 atom stereocenters. The highest BCUT2D eigenvalue weighted by Crippen LogP contribution is 2.20. The topological polar surface area (TPSA) is 55.0 Å². The fourth-order valence-corrected chi connectivity index (χ4v) is 2.40. The Morgan fingerprint density at radius 1 is 1.57 bits per heavy atom. The maximum Gasteiger partial charge on any atom is 0.233 e. The van der Waals surface area contributed by atoms with Gasteiger partial charge in [-0.1, -0.05) is 6.07 Å². The summed E-state index contributed by atoms with van der Waals surface area (Å²) in [5.74, 6) is 0.350. The van der Waals surface area contributed by atoms with E-state index in [1.807, 2.05) is 18.0 Å². The monoisotopic (exact) mass is 226 g/mol. The molecule has 0 aromatic carbocycles. The molecule has 4 nitrogen and oxygen atoms in total. The summed E-state index contributed by atoms with van der Waals surface area (Å²) in [5, 5.41) is 2.92. The number of nitrogens with two attached hydrogens (primary N) is 1. The second-order valence-corrected chi connectivity index (χ2v) is 4.63. The maximum absolute atomic E-state index is 5.45. The number of nitrogens with zero attached hydrogens (tertiary/aromatic N) is 3. The van der Waals surface area contributed by atoms with Gasteiger partial charge >= 0.3 is 0 Å². The number of hydrogen-bond acceptors (Lipinski definition) is 6. The first-order valence-electron chi connectivity index (χ1n) is 4.08. The van der Waals surface area contributed by atoms with Gasteiger partial charge in [-0.3, -0.25) is 0 Å². The first kappa shape index (κ1) is 9.42. The molecule has 0 saturated carbocycles. The number of rotatable bonds is 3. The largest absolute Gasteiger partial charge is 0.367 e. The number of thiophene rings is 1. The van der Waals surface area contributed by atoms with Crippen LogP contribution in [0.15, 0.2) is 17.5 Å². The van der Waals surface area contributed by atoms with Crippen LogP contribution in [0.1, 0.15) is 4.88 Å². The van der Waals surface area contributed by atoms with Crippen LogP contribution in [0.3, 0.4) is 0 Å². The van der Waals surface area contributed by atoms with Gasteiger partial charge in [-0.25, -0.2) is 0 Å². The van der Waals surface area contributed by atoms with Crippen molar-refractivity contribution in [1.82, 2.24) is 9.36 Å². The zero-order chi connectivity index (χ0) is 9.97. The normalized spacial score (nSPS) is 10.4. The number of anilines is 2. The van der Waals surface area contributed by atoms with E-state index in [4.69, 9.17) is 5.73 Å². The highest BCUT2D eigenvalue weighted by atomic mass is 32.1. The zero-order valence-electron chi connectivity index (χ0n) is 7.67. The summed E-state index contributed by atoms with van der Waals surface area (Å²) in [6.07, 6.45) is 0. The van der Waals surface area contributed by atoms with E-state index in [9.17, 15) is 0 Å². The molecule has 6 heteroatoms. The third-order valence-corrected chi connectivity index (χ3v) is 3.44. The van der Waals surface area contributed by atoms with Crippen LogP contribution in [0.5, 0.6) is 0 Å². The van der Waals surface area contributed by atoms with Crippen molar-refractivity contribution in [2.75, 3.05) is 17.7 Å². The predicted octanol–water partition coefficient (Wildman–Crippen LogP) is 1.82. The van der Waals surface area contributed by atoms with Gasteiger partial charge in [0.15, 0.2) is 0 Å². The van der Waals surface area contributed by atoms with Gasteiger partial charge in [-0.05, 0) is 11.4 Å². The second-order valence-electron chi connectivity index (χ2n) is 2.87. The fraction of sp³-hybridized carbons (Fsp3) is 0.250. The van der Waals surface area contributed by atoms with Crippen molar-refractivity contribution < 1.29 is 0 Å². The van der Waals surface area contributed by atoms with Crippen LogP contribution in [0, 0.1) is 0 Å². The standard InChI is InChI=1S/C8H10N4S2/c1-12(5-6-3-2-4-13-6)8-10-7(9)11-14-8/h2-4H,5H2,1H3,(H2,9,11). The summed E-state index contributed by atoms with van der Waals surface area (Å²) in [6, 6.07) is 4.15. The van der Waals surface area contributed by atoms with Gasteiger partial charge in [0.1, 0.15) is 0 Å². The molecule has 0 aliphatic carbocycles. The van der Waals surface area contributed by atoms with E-state index in [-0.39, 0.29) is 0 Å². The summed E-state index contributed by atoms with van der Waals surface area (Å²) in [6.45, 7) is 0.853. The molecule has 2 aromatic heterocycles. The summed E-state index contributed by atoms with van der Waals surface area (Å²) < 4.78 is 3.94. The Bertz CT molecular complexity index is 395. The van der Waals surface area contributed by atoms with Crippen LogP contribution in [0.25, 0.3) is 0 Å². The van der Waals surface area contributed by atoms with Gasteiger partial charge in [0.25, 0.3) is 0 Å². The average Bonchev–Trinajstić information content (AvgIpc) is 2.75. The smallest absolute Gasteiger partial charge is 0.233 e. The number of hydrogen-bond donors (Lipinski definition) is 1. The molecule has 0 saturated heterocycles. The van der Waals surface area contributed by atoms with E-state index in [0.717, 1.165) is 11.7 Å². The molecule has 0 aliphatic heterocycles. The van der Waals surface area contributed by atoms with Crippen molar-refractivity contribution in [3.05, 3.63) is 22.4 Å². The SMILES string of the molecule is CN(Cc1cccs1)c1nc(N)ns1. The Morgan fingerprint density at radius 3 is 3.00 bits per heavy atom. The minimum Gasteiger partial charge on any atom is -0.367 e. The van der Waals surface area contributed by atoms with Crippen molar-refractivity contribution in [1.29, 1.82) is 0 Å². The van der Waals surface area contributed by atoms with E-state index in [1.165, 1.54) is 16.4 Å². The Kier molecular flexibility index (Phi) is 2.64. The lowest BCUT2D eigenvalue weighted by molar-refractivity contribution is 0.931. The Balaban J connectivity index is 2.06. The van der Waals surface area contributed by atoms with E-state index >= 15 is 0 Å².